The summed E-state index contributed by atoms with van der Waals surface area (Å²) in [5.74, 6) is 0.693. The van der Waals surface area contributed by atoms with E-state index in [2.05, 4.69) is 4.72 Å². The maximum absolute atomic E-state index is 12.0. The van der Waals surface area contributed by atoms with Crippen LogP contribution in [0.2, 0.25) is 0 Å². The smallest absolute Gasteiger partial charge is 0.212 e. The van der Waals surface area contributed by atoms with Crippen LogP contribution in [0.1, 0.15) is 52.4 Å². The van der Waals surface area contributed by atoms with Gasteiger partial charge in [0.15, 0.2) is 0 Å². The lowest BCUT2D eigenvalue weighted by molar-refractivity contribution is 0.221. The van der Waals surface area contributed by atoms with Crippen molar-refractivity contribution in [2.75, 3.05) is 12.4 Å². The molecule has 5 heteroatoms. The van der Waals surface area contributed by atoms with Crippen LogP contribution in [0.25, 0.3) is 0 Å². The minimum absolute atomic E-state index is 0.0470. The van der Waals surface area contributed by atoms with Gasteiger partial charge in [0.1, 0.15) is 0 Å². The molecule has 18 heavy (non-hydrogen) atoms. The van der Waals surface area contributed by atoms with Crippen molar-refractivity contribution in [2.24, 2.45) is 11.8 Å². The van der Waals surface area contributed by atoms with E-state index in [1.54, 1.807) is 0 Å². The second-order valence-electron chi connectivity index (χ2n) is 5.81. The highest BCUT2D eigenvalue weighted by Crippen LogP contribution is 2.28. The Balaban J connectivity index is 2.61. The molecule has 0 amide bonds. The third-order valence-electron chi connectivity index (χ3n) is 3.54. The van der Waals surface area contributed by atoms with Crippen LogP contribution in [-0.4, -0.2) is 31.9 Å². The maximum atomic E-state index is 12.0. The monoisotopic (exact) mass is 277 g/mol. The Kier molecular flexibility index (Phi) is 6.60. The quantitative estimate of drug-likeness (QED) is 0.747. The van der Waals surface area contributed by atoms with Crippen LogP contribution in [0.5, 0.6) is 0 Å². The van der Waals surface area contributed by atoms with Crippen molar-refractivity contribution in [3.8, 4) is 0 Å². The summed E-state index contributed by atoms with van der Waals surface area (Å²) >= 11 is 0. The van der Waals surface area contributed by atoms with Crippen molar-refractivity contribution in [1.29, 1.82) is 0 Å². The summed E-state index contributed by atoms with van der Waals surface area (Å²) in [4.78, 5) is 0. The zero-order valence-corrected chi connectivity index (χ0v) is 12.4. The first-order chi connectivity index (χ1) is 8.44. The molecule has 1 unspecified atom stereocenters. The molecule has 0 bridgehead atoms. The first kappa shape index (κ1) is 15.9. The molecule has 0 aliphatic heterocycles. The van der Waals surface area contributed by atoms with Crippen LogP contribution in [0, 0.1) is 11.8 Å². The third kappa shape index (κ3) is 5.67. The van der Waals surface area contributed by atoms with Crippen molar-refractivity contribution >= 4 is 10.0 Å². The molecule has 2 N–H and O–H groups in total. The number of sulfonamides is 1. The zero-order chi connectivity index (χ0) is 13.6. The van der Waals surface area contributed by atoms with Gasteiger partial charge in [0.05, 0.1) is 5.75 Å². The van der Waals surface area contributed by atoms with Crippen molar-refractivity contribution < 1.29 is 13.5 Å². The van der Waals surface area contributed by atoms with E-state index in [4.69, 9.17) is 5.11 Å². The first-order valence-corrected chi connectivity index (χ1v) is 8.70. The Labute approximate surface area is 111 Å². The van der Waals surface area contributed by atoms with Crippen LogP contribution in [-0.2, 0) is 10.0 Å². The summed E-state index contributed by atoms with van der Waals surface area (Å²) < 4.78 is 26.8. The predicted molar refractivity (Wildman–Crippen MR) is 73.8 cm³/mol. The van der Waals surface area contributed by atoms with Crippen LogP contribution >= 0.6 is 0 Å². The highest BCUT2D eigenvalue weighted by Gasteiger charge is 2.27. The van der Waals surface area contributed by atoms with Gasteiger partial charge in [-0.2, -0.15) is 0 Å². The number of hydrogen-bond donors (Lipinski definition) is 2. The Morgan fingerprint density at radius 3 is 2.33 bits per heavy atom. The normalized spacial score (nSPS) is 20.2. The molecule has 1 saturated carbocycles. The fraction of sp³-hybridized carbons (Fsp3) is 1.00. The van der Waals surface area contributed by atoms with Crippen LogP contribution < -0.4 is 4.72 Å². The molecule has 0 radical (unpaired) electrons. The lowest BCUT2D eigenvalue weighted by Crippen LogP contribution is -2.43. The molecule has 0 saturated heterocycles. The van der Waals surface area contributed by atoms with E-state index in [9.17, 15) is 8.42 Å². The Morgan fingerprint density at radius 2 is 1.83 bits per heavy atom. The lowest BCUT2D eigenvalue weighted by atomic mass is 9.83. The molecule has 1 fully saturated rings. The molecule has 1 aliphatic carbocycles. The number of aliphatic hydroxyl groups is 1. The SMILES string of the molecule is CC(C)CS(=O)(=O)NC(CCO)C1CCCCC1. The van der Waals surface area contributed by atoms with Gasteiger partial charge in [-0.05, 0) is 31.1 Å². The van der Waals surface area contributed by atoms with Crippen molar-refractivity contribution in [1.82, 2.24) is 4.72 Å². The van der Waals surface area contributed by atoms with E-state index in [0.29, 0.717) is 12.3 Å². The highest BCUT2D eigenvalue weighted by molar-refractivity contribution is 7.89. The lowest BCUT2D eigenvalue weighted by Gasteiger charge is -2.30. The second kappa shape index (κ2) is 7.46. The van der Waals surface area contributed by atoms with E-state index in [-0.39, 0.29) is 24.3 Å². The van der Waals surface area contributed by atoms with Crippen molar-refractivity contribution in [3.05, 3.63) is 0 Å². The molecule has 0 aromatic heterocycles. The molecule has 4 nitrogen and oxygen atoms in total. The average molecular weight is 277 g/mol. The molecule has 0 aromatic rings. The summed E-state index contributed by atoms with van der Waals surface area (Å²) in [6.07, 6.45) is 6.30. The second-order valence-corrected chi connectivity index (χ2v) is 7.61. The van der Waals surface area contributed by atoms with E-state index in [1.807, 2.05) is 13.8 Å². The molecular formula is C13H27NO3S. The molecule has 0 spiro atoms. The minimum atomic E-state index is -3.21. The van der Waals surface area contributed by atoms with E-state index >= 15 is 0 Å². The summed E-state index contributed by atoms with van der Waals surface area (Å²) in [6, 6.07) is -0.0842. The van der Waals surface area contributed by atoms with Crippen LogP contribution in [0.3, 0.4) is 0 Å². The van der Waals surface area contributed by atoms with E-state index < -0.39 is 10.0 Å². The van der Waals surface area contributed by atoms with E-state index in [0.717, 1.165) is 12.8 Å². The summed E-state index contributed by atoms with van der Waals surface area (Å²) in [7, 11) is -3.21. The Bertz CT molecular complexity index is 321. The standard InChI is InChI=1S/C13H27NO3S/c1-11(2)10-18(16,17)14-13(8-9-15)12-6-4-3-5-7-12/h11-15H,3-10H2,1-2H3. The summed E-state index contributed by atoms with van der Waals surface area (Å²) in [5, 5.41) is 9.11. The van der Waals surface area contributed by atoms with Gasteiger partial charge >= 0.3 is 0 Å². The van der Waals surface area contributed by atoms with Crippen LogP contribution in [0.4, 0.5) is 0 Å². The Morgan fingerprint density at radius 1 is 1.22 bits per heavy atom. The number of hydrogen-bond acceptors (Lipinski definition) is 3. The minimum Gasteiger partial charge on any atom is -0.396 e. The van der Waals surface area contributed by atoms with Gasteiger partial charge in [0.2, 0.25) is 10.0 Å². The fourth-order valence-electron chi connectivity index (χ4n) is 2.78. The van der Waals surface area contributed by atoms with Gasteiger partial charge in [-0.25, -0.2) is 13.1 Å². The van der Waals surface area contributed by atoms with Gasteiger partial charge in [-0.1, -0.05) is 33.1 Å². The third-order valence-corrected chi connectivity index (χ3v) is 5.31. The number of aliphatic hydroxyl groups excluding tert-OH is 1. The van der Waals surface area contributed by atoms with Gasteiger partial charge in [-0.15, -0.1) is 0 Å². The molecular weight excluding hydrogens is 250 g/mol. The van der Waals surface area contributed by atoms with Gasteiger partial charge in [-0.3, -0.25) is 0 Å². The zero-order valence-electron chi connectivity index (χ0n) is 11.6. The summed E-state index contributed by atoms with van der Waals surface area (Å²) in [6.45, 7) is 3.85. The van der Waals surface area contributed by atoms with Crippen molar-refractivity contribution in [3.63, 3.8) is 0 Å². The Hall–Kier alpha value is -0.130. The fourth-order valence-corrected chi connectivity index (χ4v) is 4.53. The molecule has 0 heterocycles. The van der Waals surface area contributed by atoms with Gasteiger partial charge in [0, 0.05) is 12.6 Å². The molecule has 1 aliphatic rings. The van der Waals surface area contributed by atoms with Crippen LogP contribution in [0.15, 0.2) is 0 Å². The maximum Gasteiger partial charge on any atom is 0.212 e. The predicted octanol–water partition coefficient (Wildman–Crippen LogP) is 1.89. The molecule has 1 rings (SSSR count). The largest absolute Gasteiger partial charge is 0.396 e. The molecule has 108 valence electrons. The number of nitrogens with one attached hydrogen (secondary N) is 1. The average Bonchev–Trinajstić information content (AvgIpc) is 2.27. The van der Waals surface area contributed by atoms with Gasteiger partial charge in [0.25, 0.3) is 0 Å². The van der Waals surface area contributed by atoms with E-state index in [1.165, 1.54) is 19.3 Å². The first-order valence-electron chi connectivity index (χ1n) is 7.05. The number of rotatable bonds is 7. The van der Waals surface area contributed by atoms with Gasteiger partial charge < -0.3 is 5.11 Å². The molecule has 0 aromatic carbocycles. The molecule has 1 atom stereocenters. The summed E-state index contributed by atoms with van der Waals surface area (Å²) in [5.41, 5.74) is 0. The highest BCUT2D eigenvalue weighted by atomic mass is 32.2. The van der Waals surface area contributed by atoms with Crippen molar-refractivity contribution in [2.45, 2.75) is 58.4 Å². The topological polar surface area (TPSA) is 66.4 Å².